The van der Waals surface area contributed by atoms with E-state index in [0.717, 1.165) is 24.7 Å². The molecule has 4 heteroatoms. The summed E-state index contributed by atoms with van der Waals surface area (Å²) in [5.41, 5.74) is 6.91. The molecule has 2 rings (SSSR count). The van der Waals surface area contributed by atoms with E-state index < -0.39 is 0 Å². The van der Waals surface area contributed by atoms with Crippen LogP contribution in [0.2, 0.25) is 0 Å². The first-order chi connectivity index (χ1) is 8.70. The number of nitrogens with two attached hydrogens (primary N) is 1. The lowest BCUT2D eigenvalue weighted by Crippen LogP contribution is -2.24. The van der Waals surface area contributed by atoms with Crippen molar-refractivity contribution < 1.29 is 0 Å². The number of rotatable bonds is 4. The molecule has 0 aromatic carbocycles. The summed E-state index contributed by atoms with van der Waals surface area (Å²) in [6, 6.07) is 0.0508. The van der Waals surface area contributed by atoms with Crippen molar-refractivity contribution in [3.63, 3.8) is 0 Å². The first-order valence-corrected chi connectivity index (χ1v) is 8.04. The molecule has 3 nitrogen and oxygen atoms in total. The van der Waals surface area contributed by atoms with E-state index in [9.17, 15) is 0 Å². The van der Waals surface area contributed by atoms with Crippen molar-refractivity contribution in [1.29, 1.82) is 0 Å². The van der Waals surface area contributed by atoms with Crippen LogP contribution in [-0.2, 0) is 0 Å². The van der Waals surface area contributed by atoms with Gasteiger partial charge in [0.15, 0.2) is 5.13 Å². The third-order valence-corrected chi connectivity index (χ3v) is 4.71. The second-order valence-corrected chi connectivity index (χ2v) is 6.25. The minimum atomic E-state index is 0.0508. The van der Waals surface area contributed by atoms with Gasteiger partial charge in [-0.2, -0.15) is 0 Å². The molecule has 0 spiro atoms. The molecule has 1 fully saturated rings. The Bertz CT molecular complexity index is 362. The third kappa shape index (κ3) is 3.45. The summed E-state index contributed by atoms with van der Waals surface area (Å²) in [6.07, 6.45) is 6.71. The smallest absolute Gasteiger partial charge is 0.185 e. The lowest BCUT2D eigenvalue weighted by atomic mass is 9.96. The maximum absolute atomic E-state index is 5.87. The van der Waals surface area contributed by atoms with Gasteiger partial charge in [-0.05, 0) is 32.1 Å². The molecule has 18 heavy (non-hydrogen) atoms. The van der Waals surface area contributed by atoms with Crippen molar-refractivity contribution in [2.45, 2.75) is 52.0 Å². The van der Waals surface area contributed by atoms with Crippen LogP contribution in [0.25, 0.3) is 0 Å². The molecule has 1 aromatic rings. The Hall–Kier alpha value is -0.610. The molecule has 2 heterocycles. The lowest BCUT2D eigenvalue weighted by Gasteiger charge is -2.19. The number of nitrogens with zero attached hydrogens (tertiary/aromatic N) is 2. The molecule has 1 aromatic heterocycles. The van der Waals surface area contributed by atoms with Crippen molar-refractivity contribution in [3.8, 4) is 0 Å². The van der Waals surface area contributed by atoms with Gasteiger partial charge in [-0.25, -0.2) is 4.98 Å². The largest absolute Gasteiger partial charge is 0.348 e. The van der Waals surface area contributed by atoms with Crippen molar-refractivity contribution in [1.82, 2.24) is 4.98 Å². The highest BCUT2D eigenvalue weighted by molar-refractivity contribution is 7.13. The fourth-order valence-corrected chi connectivity index (χ4v) is 3.67. The van der Waals surface area contributed by atoms with E-state index in [-0.39, 0.29) is 6.04 Å². The summed E-state index contributed by atoms with van der Waals surface area (Å²) >= 11 is 1.74. The van der Waals surface area contributed by atoms with Crippen LogP contribution in [0.15, 0.2) is 5.38 Å². The monoisotopic (exact) mass is 267 g/mol. The van der Waals surface area contributed by atoms with Gasteiger partial charge < -0.3 is 10.6 Å². The zero-order valence-electron chi connectivity index (χ0n) is 11.6. The van der Waals surface area contributed by atoms with E-state index in [1.807, 2.05) is 6.92 Å². The van der Waals surface area contributed by atoms with Gasteiger partial charge in [0.05, 0.1) is 5.69 Å². The molecule has 0 bridgehead atoms. The standard InChI is InChI=1S/C14H25N3S/c1-3-5-12-6-4-8-17(9-7-12)14-16-13(10-18-14)11(2)15/h10-12H,3-9,15H2,1-2H3. The number of hydrogen-bond acceptors (Lipinski definition) is 4. The molecule has 0 amide bonds. The van der Waals surface area contributed by atoms with Gasteiger partial charge in [0.2, 0.25) is 0 Å². The Balaban J connectivity index is 1.96. The van der Waals surface area contributed by atoms with Crippen molar-refractivity contribution in [3.05, 3.63) is 11.1 Å². The highest BCUT2D eigenvalue weighted by atomic mass is 32.1. The second-order valence-electron chi connectivity index (χ2n) is 5.42. The third-order valence-electron chi connectivity index (χ3n) is 3.79. The topological polar surface area (TPSA) is 42.2 Å². The van der Waals surface area contributed by atoms with Gasteiger partial charge in [-0.15, -0.1) is 11.3 Å². The molecule has 1 aliphatic heterocycles. The fourth-order valence-electron chi connectivity index (χ4n) is 2.68. The summed E-state index contributed by atoms with van der Waals surface area (Å²) in [6.45, 7) is 6.61. The Morgan fingerprint density at radius 2 is 2.33 bits per heavy atom. The van der Waals surface area contributed by atoms with Crippen LogP contribution >= 0.6 is 11.3 Å². The number of aromatic nitrogens is 1. The van der Waals surface area contributed by atoms with Crippen molar-refractivity contribution >= 4 is 16.5 Å². The predicted octanol–water partition coefficient (Wildman–Crippen LogP) is 3.57. The highest BCUT2D eigenvalue weighted by Gasteiger charge is 2.19. The maximum Gasteiger partial charge on any atom is 0.185 e. The summed E-state index contributed by atoms with van der Waals surface area (Å²) in [5, 5.41) is 3.27. The molecular formula is C14H25N3S. The van der Waals surface area contributed by atoms with Gasteiger partial charge in [-0.3, -0.25) is 0 Å². The van der Waals surface area contributed by atoms with Crippen LogP contribution in [-0.4, -0.2) is 18.1 Å². The molecule has 2 N–H and O–H groups in total. The van der Waals surface area contributed by atoms with Gasteiger partial charge in [0, 0.05) is 24.5 Å². The number of thiazole rings is 1. The van der Waals surface area contributed by atoms with Crippen LogP contribution in [0.4, 0.5) is 5.13 Å². The van der Waals surface area contributed by atoms with E-state index in [2.05, 4.69) is 22.2 Å². The summed E-state index contributed by atoms with van der Waals surface area (Å²) < 4.78 is 0. The summed E-state index contributed by atoms with van der Waals surface area (Å²) in [5.74, 6) is 0.924. The molecular weight excluding hydrogens is 242 g/mol. The first kappa shape index (κ1) is 13.8. The minimum Gasteiger partial charge on any atom is -0.348 e. The molecule has 1 saturated heterocycles. The van der Waals surface area contributed by atoms with Gasteiger partial charge in [0.1, 0.15) is 0 Å². The second kappa shape index (κ2) is 6.53. The van der Waals surface area contributed by atoms with Crippen LogP contribution in [0.5, 0.6) is 0 Å². The summed E-state index contributed by atoms with van der Waals surface area (Å²) in [4.78, 5) is 7.12. The van der Waals surface area contributed by atoms with Gasteiger partial charge in [0.25, 0.3) is 0 Å². The molecule has 0 aliphatic carbocycles. The van der Waals surface area contributed by atoms with Gasteiger partial charge >= 0.3 is 0 Å². The van der Waals surface area contributed by atoms with Gasteiger partial charge in [-0.1, -0.05) is 19.8 Å². The van der Waals surface area contributed by atoms with Crippen molar-refractivity contribution in [2.24, 2.45) is 11.7 Å². The van der Waals surface area contributed by atoms with E-state index >= 15 is 0 Å². The molecule has 0 radical (unpaired) electrons. The Labute approximate surface area is 114 Å². The van der Waals surface area contributed by atoms with Crippen LogP contribution in [0, 0.1) is 5.92 Å². The first-order valence-electron chi connectivity index (χ1n) is 7.16. The maximum atomic E-state index is 5.87. The van der Waals surface area contributed by atoms with Crippen molar-refractivity contribution in [2.75, 3.05) is 18.0 Å². The average molecular weight is 267 g/mol. The van der Waals surface area contributed by atoms with E-state index in [0.29, 0.717) is 0 Å². The molecule has 2 unspecified atom stereocenters. The normalized spacial score (nSPS) is 22.8. The minimum absolute atomic E-state index is 0.0508. The number of hydrogen-bond donors (Lipinski definition) is 1. The Morgan fingerprint density at radius 3 is 3.00 bits per heavy atom. The van der Waals surface area contributed by atoms with Crippen LogP contribution < -0.4 is 10.6 Å². The van der Waals surface area contributed by atoms with Crippen LogP contribution in [0.1, 0.15) is 57.7 Å². The Kier molecular flexibility index (Phi) is 5.01. The molecule has 102 valence electrons. The zero-order valence-corrected chi connectivity index (χ0v) is 12.4. The van der Waals surface area contributed by atoms with E-state index in [1.54, 1.807) is 11.3 Å². The molecule has 1 aliphatic rings. The highest BCUT2D eigenvalue weighted by Crippen LogP contribution is 2.28. The fraction of sp³-hybridized carbons (Fsp3) is 0.786. The average Bonchev–Trinajstić information content (AvgIpc) is 2.72. The molecule has 2 atom stereocenters. The SMILES string of the molecule is CCCC1CCCN(c2nc(C(C)N)cs2)CC1. The zero-order chi connectivity index (χ0) is 13.0. The summed E-state index contributed by atoms with van der Waals surface area (Å²) in [7, 11) is 0. The lowest BCUT2D eigenvalue weighted by molar-refractivity contribution is 0.435. The van der Waals surface area contributed by atoms with E-state index in [4.69, 9.17) is 5.73 Å². The molecule has 0 saturated carbocycles. The quantitative estimate of drug-likeness (QED) is 0.907. The predicted molar refractivity (Wildman–Crippen MR) is 79.2 cm³/mol. The Morgan fingerprint density at radius 1 is 1.50 bits per heavy atom. The van der Waals surface area contributed by atoms with Crippen LogP contribution in [0.3, 0.4) is 0 Å². The number of anilines is 1. The van der Waals surface area contributed by atoms with E-state index in [1.165, 1.54) is 37.2 Å².